The number of halogens is 1. The van der Waals surface area contributed by atoms with E-state index in [2.05, 4.69) is 42.3 Å². The quantitative estimate of drug-likeness (QED) is 0.469. The van der Waals surface area contributed by atoms with E-state index in [4.69, 9.17) is 16.6 Å². The summed E-state index contributed by atoms with van der Waals surface area (Å²) in [5.74, 6) is 0.771. The van der Waals surface area contributed by atoms with E-state index >= 15 is 0 Å². The molecule has 0 saturated heterocycles. The SMILES string of the molecule is C=C(/C=C(/C)NCCC)Nc1nc(-c2ccccc2Cl)cc2ccccc12. The van der Waals surface area contributed by atoms with Crippen molar-refractivity contribution in [3.63, 3.8) is 0 Å². The fraction of sp³-hybridized carbons (Fsp3) is 0.174. The molecule has 0 bridgehead atoms. The van der Waals surface area contributed by atoms with Gasteiger partial charge >= 0.3 is 0 Å². The molecule has 3 nitrogen and oxygen atoms in total. The first kappa shape index (κ1) is 19.0. The highest BCUT2D eigenvalue weighted by Gasteiger charge is 2.10. The lowest BCUT2D eigenvalue weighted by molar-refractivity contribution is 0.769. The number of hydrogen-bond acceptors (Lipinski definition) is 3. The molecule has 0 aliphatic carbocycles. The van der Waals surface area contributed by atoms with Crippen molar-refractivity contribution in [2.75, 3.05) is 11.9 Å². The van der Waals surface area contributed by atoms with Crippen LogP contribution in [0.5, 0.6) is 0 Å². The highest BCUT2D eigenvalue weighted by Crippen LogP contribution is 2.32. The number of allylic oxidation sites excluding steroid dienone is 2. The fourth-order valence-electron chi connectivity index (χ4n) is 2.92. The molecule has 2 aromatic carbocycles. The zero-order valence-electron chi connectivity index (χ0n) is 15.7. The number of hydrogen-bond donors (Lipinski definition) is 2. The summed E-state index contributed by atoms with van der Waals surface area (Å²) in [6, 6.07) is 18.0. The summed E-state index contributed by atoms with van der Waals surface area (Å²) in [5.41, 5.74) is 3.60. The highest BCUT2D eigenvalue weighted by molar-refractivity contribution is 6.33. The van der Waals surface area contributed by atoms with Crippen molar-refractivity contribution in [1.29, 1.82) is 0 Å². The summed E-state index contributed by atoms with van der Waals surface area (Å²) in [4.78, 5) is 4.84. The molecule has 0 saturated carbocycles. The van der Waals surface area contributed by atoms with Gasteiger partial charge in [-0.25, -0.2) is 4.98 Å². The second-order valence-corrected chi connectivity index (χ2v) is 6.87. The Morgan fingerprint density at radius 2 is 1.89 bits per heavy atom. The van der Waals surface area contributed by atoms with Crippen LogP contribution in [0.3, 0.4) is 0 Å². The Kier molecular flexibility index (Phi) is 6.15. The molecule has 138 valence electrons. The van der Waals surface area contributed by atoms with Gasteiger partial charge in [0.15, 0.2) is 0 Å². The monoisotopic (exact) mass is 377 g/mol. The number of anilines is 1. The van der Waals surface area contributed by atoms with Gasteiger partial charge in [-0.15, -0.1) is 0 Å². The predicted octanol–water partition coefficient (Wildman–Crippen LogP) is 6.38. The average molecular weight is 378 g/mol. The standard InChI is InChI=1S/C23H24ClN3/c1-4-13-25-16(2)14-17(3)26-23-19-10-6-5-9-18(19)15-22(27-23)20-11-7-8-12-21(20)24/h5-12,14-15,25H,3-4,13H2,1-2H3,(H,26,27)/b16-14-. The maximum atomic E-state index is 6.39. The molecule has 0 atom stereocenters. The van der Waals surface area contributed by atoms with Crippen molar-refractivity contribution in [3.05, 3.63) is 83.7 Å². The number of nitrogens with one attached hydrogen (secondary N) is 2. The van der Waals surface area contributed by atoms with Gasteiger partial charge in [-0.1, -0.05) is 67.6 Å². The van der Waals surface area contributed by atoms with Crippen molar-refractivity contribution >= 4 is 28.2 Å². The van der Waals surface area contributed by atoms with Gasteiger partial charge in [-0.3, -0.25) is 0 Å². The van der Waals surface area contributed by atoms with Crippen LogP contribution < -0.4 is 10.6 Å². The van der Waals surface area contributed by atoms with Gasteiger partial charge < -0.3 is 10.6 Å². The molecule has 0 aliphatic heterocycles. The number of pyridine rings is 1. The van der Waals surface area contributed by atoms with Crippen molar-refractivity contribution in [3.8, 4) is 11.3 Å². The van der Waals surface area contributed by atoms with E-state index in [1.807, 2.05) is 49.4 Å². The molecule has 0 aliphatic rings. The lowest BCUT2D eigenvalue weighted by Gasteiger charge is -2.13. The number of rotatable bonds is 7. The number of aromatic nitrogens is 1. The van der Waals surface area contributed by atoms with E-state index in [1.165, 1.54) is 0 Å². The first-order valence-corrected chi connectivity index (χ1v) is 9.49. The van der Waals surface area contributed by atoms with Crippen LogP contribution in [0.15, 0.2) is 78.6 Å². The summed E-state index contributed by atoms with van der Waals surface area (Å²) in [6.07, 6.45) is 3.07. The number of fused-ring (bicyclic) bond motifs is 1. The number of nitrogens with zero attached hydrogens (tertiary/aromatic N) is 1. The number of benzene rings is 2. The summed E-state index contributed by atoms with van der Waals surface area (Å²) in [5, 5.41) is 9.54. The third-order valence-electron chi connectivity index (χ3n) is 4.21. The van der Waals surface area contributed by atoms with Crippen LogP contribution in [0, 0.1) is 0 Å². The highest BCUT2D eigenvalue weighted by atomic mass is 35.5. The summed E-state index contributed by atoms with van der Waals surface area (Å²) < 4.78 is 0. The zero-order chi connectivity index (χ0) is 19.2. The van der Waals surface area contributed by atoms with E-state index < -0.39 is 0 Å². The van der Waals surface area contributed by atoms with Gasteiger partial charge in [-0.05, 0) is 36.9 Å². The van der Waals surface area contributed by atoms with E-state index in [0.29, 0.717) is 5.02 Å². The molecule has 0 radical (unpaired) electrons. The van der Waals surface area contributed by atoms with Crippen LogP contribution >= 0.6 is 11.6 Å². The maximum Gasteiger partial charge on any atom is 0.138 e. The lowest BCUT2D eigenvalue weighted by atomic mass is 10.1. The van der Waals surface area contributed by atoms with Gasteiger partial charge in [-0.2, -0.15) is 0 Å². The molecule has 0 fully saturated rings. The van der Waals surface area contributed by atoms with Gasteiger partial charge in [0.2, 0.25) is 0 Å². The molecule has 1 heterocycles. The second-order valence-electron chi connectivity index (χ2n) is 6.46. The molecule has 2 N–H and O–H groups in total. The van der Waals surface area contributed by atoms with E-state index in [1.54, 1.807) is 0 Å². The minimum absolute atomic E-state index is 0.685. The van der Waals surface area contributed by atoms with Crippen molar-refractivity contribution in [2.24, 2.45) is 0 Å². The molecule has 0 amide bonds. The van der Waals surface area contributed by atoms with Crippen LogP contribution in [0.1, 0.15) is 20.3 Å². The Labute approximate surface area is 165 Å². The lowest BCUT2D eigenvalue weighted by Crippen LogP contribution is -2.12. The zero-order valence-corrected chi connectivity index (χ0v) is 16.5. The van der Waals surface area contributed by atoms with Gasteiger partial charge in [0.05, 0.1) is 5.69 Å². The molecule has 0 unspecified atom stereocenters. The van der Waals surface area contributed by atoms with E-state index in [0.717, 1.165) is 52.2 Å². The molecule has 3 rings (SSSR count). The van der Waals surface area contributed by atoms with Crippen molar-refractivity contribution < 1.29 is 0 Å². The maximum absolute atomic E-state index is 6.39. The molecule has 1 aromatic heterocycles. The molecule has 27 heavy (non-hydrogen) atoms. The first-order valence-electron chi connectivity index (χ1n) is 9.11. The predicted molar refractivity (Wildman–Crippen MR) is 117 cm³/mol. The Hall–Kier alpha value is -2.78. The molecule has 4 heteroatoms. The Balaban J connectivity index is 1.99. The molecule has 0 spiro atoms. The first-order chi connectivity index (χ1) is 13.1. The third-order valence-corrected chi connectivity index (χ3v) is 4.54. The largest absolute Gasteiger partial charge is 0.389 e. The normalized spacial score (nSPS) is 11.4. The van der Waals surface area contributed by atoms with Gasteiger partial charge in [0, 0.05) is 33.9 Å². The van der Waals surface area contributed by atoms with E-state index in [9.17, 15) is 0 Å². The summed E-state index contributed by atoms with van der Waals surface area (Å²) in [7, 11) is 0. The van der Waals surface area contributed by atoms with Crippen LogP contribution in [-0.4, -0.2) is 11.5 Å². The van der Waals surface area contributed by atoms with Crippen LogP contribution in [0.4, 0.5) is 5.82 Å². The fourth-order valence-corrected chi connectivity index (χ4v) is 3.16. The third kappa shape index (κ3) is 4.69. The molecule has 3 aromatic rings. The minimum Gasteiger partial charge on any atom is -0.389 e. The minimum atomic E-state index is 0.685. The average Bonchev–Trinajstić information content (AvgIpc) is 2.66. The van der Waals surface area contributed by atoms with E-state index in [-0.39, 0.29) is 0 Å². The van der Waals surface area contributed by atoms with Crippen molar-refractivity contribution in [2.45, 2.75) is 20.3 Å². The van der Waals surface area contributed by atoms with Gasteiger partial charge in [0.25, 0.3) is 0 Å². The summed E-state index contributed by atoms with van der Waals surface area (Å²) >= 11 is 6.39. The van der Waals surface area contributed by atoms with Crippen LogP contribution in [-0.2, 0) is 0 Å². The molecular formula is C23H24ClN3. The van der Waals surface area contributed by atoms with Gasteiger partial charge in [0.1, 0.15) is 5.82 Å². The second kappa shape index (κ2) is 8.74. The summed E-state index contributed by atoms with van der Waals surface area (Å²) in [6.45, 7) is 9.25. The Morgan fingerprint density at radius 3 is 2.67 bits per heavy atom. The topological polar surface area (TPSA) is 37.0 Å². The van der Waals surface area contributed by atoms with Crippen molar-refractivity contribution in [1.82, 2.24) is 10.3 Å². The van der Waals surface area contributed by atoms with Crippen LogP contribution in [0.2, 0.25) is 5.02 Å². The van der Waals surface area contributed by atoms with Crippen LogP contribution in [0.25, 0.3) is 22.0 Å². The molecular weight excluding hydrogens is 354 g/mol. The Morgan fingerprint density at radius 1 is 1.15 bits per heavy atom. The Bertz CT molecular complexity index is 992. The smallest absolute Gasteiger partial charge is 0.138 e.